The van der Waals surface area contributed by atoms with Crippen molar-refractivity contribution in [1.82, 2.24) is 4.31 Å². The predicted molar refractivity (Wildman–Crippen MR) is 85.1 cm³/mol. The fraction of sp³-hybridized carbons (Fsp3) is 0.286. The van der Waals surface area contributed by atoms with Gasteiger partial charge >= 0.3 is 0 Å². The first kappa shape index (κ1) is 15.8. The topological polar surface area (TPSA) is 72.6 Å². The van der Waals surface area contributed by atoms with Gasteiger partial charge in [0.15, 0.2) is 0 Å². The van der Waals surface area contributed by atoms with Crippen molar-refractivity contribution >= 4 is 27.0 Å². The van der Waals surface area contributed by atoms with Gasteiger partial charge in [0.1, 0.15) is 9.96 Å². The van der Waals surface area contributed by atoms with Gasteiger partial charge in [-0.05, 0) is 19.1 Å². The highest BCUT2D eigenvalue weighted by Gasteiger charge is 2.23. The van der Waals surface area contributed by atoms with Gasteiger partial charge in [-0.1, -0.05) is 17.7 Å². The van der Waals surface area contributed by atoms with Crippen molar-refractivity contribution in [2.24, 2.45) is 0 Å². The number of hydrogen-bond donors (Lipinski definition) is 1. The van der Waals surface area contributed by atoms with Crippen molar-refractivity contribution in [3.8, 4) is 5.75 Å². The van der Waals surface area contributed by atoms with E-state index in [0.29, 0.717) is 11.4 Å². The lowest BCUT2D eigenvalue weighted by Crippen LogP contribution is -2.26. The summed E-state index contributed by atoms with van der Waals surface area (Å²) in [5.74, 6) is 0.674. The average molecular weight is 326 g/mol. The first-order chi connectivity index (χ1) is 9.84. The molecule has 0 spiro atoms. The molecule has 0 amide bonds. The van der Waals surface area contributed by atoms with Crippen LogP contribution in [0.15, 0.2) is 33.9 Å². The Morgan fingerprint density at radius 3 is 2.62 bits per heavy atom. The van der Waals surface area contributed by atoms with Crippen LogP contribution in [0.5, 0.6) is 5.75 Å². The second-order valence-corrected chi connectivity index (χ2v) is 7.96. The molecule has 0 bridgehead atoms. The van der Waals surface area contributed by atoms with E-state index < -0.39 is 10.0 Å². The third kappa shape index (κ3) is 3.37. The lowest BCUT2D eigenvalue weighted by atomic mass is 10.1. The summed E-state index contributed by atoms with van der Waals surface area (Å²) >= 11 is 1.12. The zero-order chi connectivity index (χ0) is 15.6. The summed E-state index contributed by atoms with van der Waals surface area (Å²) in [6, 6.07) is 7.17. The molecule has 1 aromatic heterocycles. The van der Waals surface area contributed by atoms with Crippen LogP contribution in [0.3, 0.4) is 0 Å². The maximum Gasteiger partial charge on any atom is 0.252 e. The highest BCUT2D eigenvalue weighted by molar-refractivity contribution is 7.91. The van der Waals surface area contributed by atoms with E-state index in [0.717, 1.165) is 22.5 Å². The van der Waals surface area contributed by atoms with Gasteiger partial charge < -0.3 is 10.5 Å². The van der Waals surface area contributed by atoms with E-state index in [4.69, 9.17) is 10.5 Å². The molecule has 0 fully saturated rings. The van der Waals surface area contributed by atoms with E-state index in [9.17, 15) is 8.42 Å². The summed E-state index contributed by atoms with van der Waals surface area (Å²) in [5, 5.41) is 1.62. The summed E-state index contributed by atoms with van der Waals surface area (Å²) in [6.07, 6.45) is 0. The molecule has 0 radical (unpaired) electrons. The average Bonchev–Trinajstić information content (AvgIpc) is 2.86. The number of benzene rings is 1. The van der Waals surface area contributed by atoms with E-state index in [2.05, 4.69) is 0 Å². The number of aryl methyl sites for hydroxylation is 1. The van der Waals surface area contributed by atoms with Crippen molar-refractivity contribution in [2.45, 2.75) is 17.7 Å². The van der Waals surface area contributed by atoms with Crippen LogP contribution in [0.2, 0.25) is 0 Å². The number of sulfonamides is 1. The van der Waals surface area contributed by atoms with Crippen LogP contribution in [-0.2, 0) is 16.6 Å². The maximum absolute atomic E-state index is 12.5. The summed E-state index contributed by atoms with van der Waals surface area (Å²) in [4.78, 5) is 0. The zero-order valence-electron chi connectivity index (χ0n) is 12.2. The van der Waals surface area contributed by atoms with Crippen molar-refractivity contribution in [2.75, 3.05) is 19.9 Å². The van der Waals surface area contributed by atoms with Crippen LogP contribution < -0.4 is 10.5 Å². The second-order valence-electron chi connectivity index (χ2n) is 4.78. The van der Waals surface area contributed by atoms with Crippen LogP contribution >= 0.6 is 11.3 Å². The largest absolute Gasteiger partial charge is 0.496 e. The fourth-order valence-electron chi connectivity index (χ4n) is 1.97. The molecule has 0 saturated heterocycles. The van der Waals surface area contributed by atoms with E-state index >= 15 is 0 Å². The van der Waals surface area contributed by atoms with E-state index in [1.807, 2.05) is 25.1 Å². The van der Waals surface area contributed by atoms with Gasteiger partial charge in [-0.3, -0.25) is 0 Å². The smallest absolute Gasteiger partial charge is 0.252 e. The first-order valence-electron chi connectivity index (χ1n) is 6.28. The number of ether oxygens (including phenoxy) is 1. The van der Waals surface area contributed by atoms with Gasteiger partial charge in [0, 0.05) is 30.2 Å². The lowest BCUT2D eigenvalue weighted by Gasteiger charge is -2.18. The molecule has 5 nitrogen and oxygen atoms in total. The molecule has 0 aliphatic carbocycles. The van der Waals surface area contributed by atoms with E-state index in [1.165, 1.54) is 10.4 Å². The highest BCUT2D eigenvalue weighted by Crippen LogP contribution is 2.27. The minimum Gasteiger partial charge on any atom is -0.496 e. The number of rotatable bonds is 5. The van der Waals surface area contributed by atoms with Crippen molar-refractivity contribution < 1.29 is 13.2 Å². The number of anilines is 1. The molecule has 21 heavy (non-hydrogen) atoms. The summed E-state index contributed by atoms with van der Waals surface area (Å²) in [7, 11) is -0.417. The summed E-state index contributed by atoms with van der Waals surface area (Å²) in [6.45, 7) is 2.20. The molecule has 2 N–H and O–H groups in total. The Bertz CT molecular complexity index is 738. The van der Waals surface area contributed by atoms with Gasteiger partial charge in [-0.25, -0.2) is 8.42 Å². The number of nitrogens with zero attached hydrogens (tertiary/aromatic N) is 1. The molecule has 2 aromatic rings. The second kappa shape index (κ2) is 6.05. The van der Waals surface area contributed by atoms with Gasteiger partial charge in [0.05, 0.1) is 7.11 Å². The Hall–Kier alpha value is -1.57. The molecule has 7 heteroatoms. The monoisotopic (exact) mass is 326 g/mol. The van der Waals surface area contributed by atoms with Gasteiger partial charge in [0.2, 0.25) is 0 Å². The Kier molecular flexibility index (Phi) is 4.55. The molecule has 2 rings (SSSR count). The molecule has 0 aliphatic heterocycles. The number of nitrogens with two attached hydrogens (primary N) is 1. The zero-order valence-corrected chi connectivity index (χ0v) is 13.8. The third-order valence-electron chi connectivity index (χ3n) is 3.09. The summed E-state index contributed by atoms with van der Waals surface area (Å²) in [5.41, 5.74) is 7.94. The number of nitrogen functional groups attached to an aromatic ring is 1. The minimum absolute atomic E-state index is 0.241. The Labute approximate surface area is 129 Å². The van der Waals surface area contributed by atoms with Crippen molar-refractivity contribution in [1.29, 1.82) is 0 Å². The third-order valence-corrected chi connectivity index (χ3v) is 6.33. The first-order valence-corrected chi connectivity index (χ1v) is 8.60. The lowest BCUT2D eigenvalue weighted by molar-refractivity contribution is 0.398. The van der Waals surface area contributed by atoms with Crippen molar-refractivity contribution in [3.05, 3.63) is 40.8 Å². The maximum atomic E-state index is 12.5. The minimum atomic E-state index is -3.54. The van der Waals surface area contributed by atoms with E-state index in [-0.39, 0.29) is 10.8 Å². The van der Waals surface area contributed by atoms with E-state index in [1.54, 1.807) is 19.5 Å². The molecular weight excluding hydrogens is 308 g/mol. The molecule has 114 valence electrons. The van der Waals surface area contributed by atoms with Gasteiger partial charge in [0.25, 0.3) is 10.0 Å². The van der Waals surface area contributed by atoms with Crippen LogP contribution in [0, 0.1) is 6.92 Å². The standard InChI is InChI=1S/C14H18N2O3S2/c1-10-4-5-13(19-3)11(6-10)8-16(2)21(17,18)14-7-12(15)9-20-14/h4-7,9H,8,15H2,1-3H3. The molecule has 1 heterocycles. The van der Waals surface area contributed by atoms with Gasteiger partial charge in [-0.2, -0.15) is 4.31 Å². The Balaban J connectivity index is 2.29. The SMILES string of the molecule is COc1ccc(C)cc1CN(C)S(=O)(=O)c1cc(N)cs1. The van der Waals surface area contributed by atoms with Crippen LogP contribution in [0.1, 0.15) is 11.1 Å². The quantitative estimate of drug-likeness (QED) is 0.916. The number of thiophene rings is 1. The molecular formula is C14H18N2O3S2. The predicted octanol–water partition coefficient (Wildman–Crippen LogP) is 2.47. The Morgan fingerprint density at radius 1 is 1.33 bits per heavy atom. The number of methoxy groups -OCH3 is 1. The Morgan fingerprint density at radius 2 is 2.05 bits per heavy atom. The van der Waals surface area contributed by atoms with Crippen LogP contribution in [0.25, 0.3) is 0 Å². The van der Waals surface area contributed by atoms with Crippen LogP contribution in [-0.4, -0.2) is 26.9 Å². The number of hydrogen-bond acceptors (Lipinski definition) is 5. The normalized spacial score (nSPS) is 11.8. The molecule has 0 unspecified atom stereocenters. The molecule has 0 atom stereocenters. The summed E-state index contributed by atoms with van der Waals surface area (Å²) < 4.78 is 31.8. The highest BCUT2D eigenvalue weighted by atomic mass is 32.2. The van der Waals surface area contributed by atoms with Gasteiger partial charge in [-0.15, -0.1) is 11.3 Å². The molecule has 1 aromatic carbocycles. The van der Waals surface area contributed by atoms with Crippen LogP contribution in [0.4, 0.5) is 5.69 Å². The van der Waals surface area contributed by atoms with Crippen molar-refractivity contribution in [3.63, 3.8) is 0 Å². The molecule has 0 aliphatic rings. The fourth-order valence-corrected chi connectivity index (χ4v) is 4.41. The molecule has 0 saturated carbocycles.